The summed E-state index contributed by atoms with van der Waals surface area (Å²) in [6.07, 6.45) is 0. The number of morpholine rings is 1. The standard InChI is InChI=1S/C19H21BrN2O5S/c1-26-19-7-2-14(12-17(19)20)18(23)13-21-15-3-5-16(6-4-15)28(24,25)22-8-10-27-11-9-22/h2-7,12,21H,8-11,13H2,1H3. The quantitative estimate of drug-likeness (QED) is 0.628. The van der Waals surface area contributed by atoms with Gasteiger partial charge in [-0.1, -0.05) is 0 Å². The van der Waals surface area contributed by atoms with Gasteiger partial charge in [0.1, 0.15) is 5.75 Å². The van der Waals surface area contributed by atoms with E-state index in [-0.39, 0.29) is 17.2 Å². The molecule has 1 saturated heterocycles. The average molecular weight is 469 g/mol. The van der Waals surface area contributed by atoms with Crippen LogP contribution in [0.15, 0.2) is 51.8 Å². The molecule has 2 aromatic carbocycles. The van der Waals surface area contributed by atoms with Crippen LogP contribution >= 0.6 is 15.9 Å². The number of Topliss-reactive ketones (excluding diaryl/α,β-unsaturated/α-hetero) is 1. The third kappa shape index (κ3) is 4.72. The highest BCUT2D eigenvalue weighted by Gasteiger charge is 2.26. The first-order valence-corrected chi connectivity index (χ1v) is 10.9. The third-order valence-electron chi connectivity index (χ3n) is 4.39. The van der Waals surface area contributed by atoms with E-state index in [0.29, 0.717) is 47.8 Å². The number of ketones is 1. The van der Waals surface area contributed by atoms with Crippen LogP contribution in [0.1, 0.15) is 10.4 Å². The van der Waals surface area contributed by atoms with Crippen molar-refractivity contribution < 1.29 is 22.7 Å². The summed E-state index contributed by atoms with van der Waals surface area (Å²) >= 11 is 3.36. The molecule has 0 radical (unpaired) electrons. The van der Waals surface area contributed by atoms with Crippen molar-refractivity contribution >= 4 is 37.4 Å². The van der Waals surface area contributed by atoms with E-state index in [4.69, 9.17) is 9.47 Å². The van der Waals surface area contributed by atoms with Gasteiger partial charge in [0.2, 0.25) is 10.0 Å². The number of carbonyl (C=O) groups excluding carboxylic acids is 1. The number of rotatable bonds is 7. The van der Waals surface area contributed by atoms with E-state index in [1.807, 2.05) is 0 Å². The minimum Gasteiger partial charge on any atom is -0.496 e. The SMILES string of the molecule is COc1ccc(C(=O)CNc2ccc(S(=O)(=O)N3CCOCC3)cc2)cc1Br. The fraction of sp³-hybridized carbons (Fsp3) is 0.316. The van der Waals surface area contributed by atoms with Gasteiger partial charge in [-0.15, -0.1) is 0 Å². The Morgan fingerprint density at radius 3 is 2.46 bits per heavy atom. The summed E-state index contributed by atoms with van der Waals surface area (Å²) < 4.78 is 37.7. The van der Waals surface area contributed by atoms with Gasteiger partial charge in [-0.25, -0.2) is 8.42 Å². The Balaban J connectivity index is 1.63. The number of sulfonamides is 1. The molecule has 0 spiro atoms. The number of nitrogens with zero attached hydrogens (tertiary/aromatic N) is 1. The van der Waals surface area contributed by atoms with Crippen LogP contribution in [0, 0.1) is 0 Å². The van der Waals surface area contributed by atoms with Gasteiger partial charge in [-0.3, -0.25) is 4.79 Å². The van der Waals surface area contributed by atoms with Gasteiger partial charge >= 0.3 is 0 Å². The van der Waals surface area contributed by atoms with Crippen molar-refractivity contribution in [3.8, 4) is 5.75 Å². The number of ether oxygens (including phenoxy) is 2. The summed E-state index contributed by atoms with van der Waals surface area (Å²) in [4.78, 5) is 12.6. The van der Waals surface area contributed by atoms with Gasteiger partial charge in [0.15, 0.2) is 5.78 Å². The molecular formula is C19H21BrN2O5S. The predicted octanol–water partition coefficient (Wildman–Crippen LogP) is 2.77. The molecule has 9 heteroatoms. The highest BCUT2D eigenvalue weighted by Crippen LogP contribution is 2.26. The minimum absolute atomic E-state index is 0.0895. The van der Waals surface area contributed by atoms with Gasteiger partial charge in [0.25, 0.3) is 0 Å². The smallest absolute Gasteiger partial charge is 0.243 e. The Hall–Kier alpha value is -1.94. The van der Waals surface area contributed by atoms with Crippen molar-refractivity contribution in [2.45, 2.75) is 4.90 Å². The summed E-state index contributed by atoms with van der Waals surface area (Å²) in [6.45, 7) is 1.61. The van der Waals surface area contributed by atoms with Gasteiger partial charge in [0.05, 0.1) is 36.2 Å². The molecule has 0 saturated carbocycles. The maximum absolute atomic E-state index is 12.6. The molecule has 1 heterocycles. The average Bonchev–Trinajstić information content (AvgIpc) is 2.73. The number of halogens is 1. The van der Waals surface area contributed by atoms with E-state index in [1.54, 1.807) is 49.6 Å². The zero-order valence-corrected chi connectivity index (χ0v) is 17.8. The van der Waals surface area contributed by atoms with Gasteiger partial charge in [-0.2, -0.15) is 4.31 Å². The van der Waals surface area contributed by atoms with E-state index >= 15 is 0 Å². The second-order valence-electron chi connectivity index (χ2n) is 6.17. The van der Waals surface area contributed by atoms with Gasteiger partial charge in [-0.05, 0) is 58.4 Å². The lowest BCUT2D eigenvalue weighted by atomic mass is 10.1. The molecule has 0 aliphatic carbocycles. The summed E-state index contributed by atoms with van der Waals surface area (Å²) in [5, 5.41) is 3.02. The fourth-order valence-corrected chi connectivity index (χ4v) is 4.75. The van der Waals surface area contributed by atoms with Crippen LogP contribution in [-0.4, -0.2) is 58.5 Å². The Kier molecular flexibility index (Phi) is 6.71. The molecule has 2 aromatic rings. The van der Waals surface area contributed by atoms with Crippen LogP contribution < -0.4 is 10.1 Å². The Morgan fingerprint density at radius 2 is 1.86 bits per heavy atom. The lowest BCUT2D eigenvalue weighted by Gasteiger charge is -2.26. The zero-order chi connectivity index (χ0) is 20.1. The number of hydrogen-bond donors (Lipinski definition) is 1. The molecule has 150 valence electrons. The molecule has 3 rings (SSSR count). The summed E-state index contributed by atoms with van der Waals surface area (Å²) in [5.74, 6) is 0.565. The van der Waals surface area contributed by atoms with Crippen LogP contribution in [0.25, 0.3) is 0 Å². The van der Waals surface area contributed by atoms with E-state index in [0.717, 1.165) is 0 Å². The number of anilines is 1. The lowest BCUT2D eigenvalue weighted by molar-refractivity contribution is 0.0730. The molecular weight excluding hydrogens is 448 g/mol. The Morgan fingerprint density at radius 1 is 1.18 bits per heavy atom. The van der Waals surface area contributed by atoms with E-state index in [2.05, 4.69) is 21.2 Å². The van der Waals surface area contributed by atoms with Crippen molar-refractivity contribution in [1.82, 2.24) is 4.31 Å². The maximum Gasteiger partial charge on any atom is 0.243 e. The number of hydrogen-bond acceptors (Lipinski definition) is 6. The molecule has 0 amide bonds. The first-order valence-electron chi connectivity index (χ1n) is 8.70. The van der Waals surface area contributed by atoms with Gasteiger partial charge in [0, 0.05) is 24.3 Å². The maximum atomic E-state index is 12.6. The molecule has 28 heavy (non-hydrogen) atoms. The second kappa shape index (κ2) is 9.04. The predicted molar refractivity (Wildman–Crippen MR) is 110 cm³/mol. The van der Waals surface area contributed by atoms with Crippen molar-refractivity contribution in [3.63, 3.8) is 0 Å². The summed E-state index contributed by atoms with van der Waals surface area (Å²) in [7, 11) is -1.96. The third-order valence-corrected chi connectivity index (χ3v) is 6.92. The highest BCUT2D eigenvalue weighted by molar-refractivity contribution is 9.10. The number of nitrogens with one attached hydrogen (secondary N) is 1. The van der Waals surface area contributed by atoms with E-state index in [9.17, 15) is 13.2 Å². The fourth-order valence-electron chi connectivity index (χ4n) is 2.81. The van der Waals surface area contributed by atoms with Crippen LogP contribution in [0.2, 0.25) is 0 Å². The second-order valence-corrected chi connectivity index (χ2v) is 8.96. The largest absolute Gasteiger partial charge is 0.496 e. The normalized spacial score (nSPS) is 15.2. The van der Waals surface area contributed by atoms with E-state index < -0.39 is 10.0 Å². The lowest BCUT2D eigenvalue weighted by Crippen LogP contribution is -2.40. The molecule has 1 aliphatic rings. The first-order chi connectivity index (χ1) is 13.4. The molecule has 0 bridgehead atoms. The van der Waals surface area contributed by atoms with Crippen molar-refractivity contribution in [1.29, 1.82) is 0 Å². The van der Waals surface area contributed by atoms with Crippen molar-refractivity contribution in [2.75, 3.05) is 45.3 Å². The molecule has 1 aliphatic heterocycles. The van der Waals surface area contributed by atoms with Crippen LogP contribution in [-0.2, 0) is 14.8 Å². The highest BCUT2D eigenvalue weighted by atomic mass is 79.9. The molecule has 7 nitrogen and oxygen atoms in total. The number of carbonyl (C=O) groups is 1. The monoisotopic (exact) mass is 468 g/mol. The number of methoxy groups -OCH3 is 1. The summed E-state index contributed by atoms with van der Waals surface area (Å²) in [5.41, 5.74) is 1.22. The van der Waals surface area contributed by atoms with E-state index in [1.165, 1.54) is 4.31 Å². The van der Waals surface area contributed by atoms with Crippen LogP contribution in [0.4, 0.5) is 5.69 Å². The topological polar surface area (TPSA) is 84.9 Å². The van der Waals surface area contributed by atoms with Crippen LogP contribution in [0.5, 0.6) is 5.75 Å². The molecule has 1 N–H and O–H groups in total. The number of benzene rings is 2. The minimum atomic E-state index is -3.52. The van der Waals surface area contributed by atoms with Gasteiger partial charge < -0.3 is 14.8 Å². The summed E-state index contributed by atoms with van der Waals surface area (Å²) in [6, 6.07) is 11.5. The molecule has 0 unspecified atom stereocenters. The Labute approximate surface area is 172 Å². The Bertz CT molecular complexity index is 941. The first kappa shape index (κ1) is 20.8. The molecule has 0 aromatic heterocycles. The molecule has 1 fully saturated rings. The molecule has 0 atom stereocenters. The van der Waals surface area contributed by atoms with Crippen LogP contribution in [0.3, 0.4) is 0 Å². The van der Waals surface area contributed by atoms with Crippen molar-refractivity contribution in [3.05, 3.63) is 52.5 Å². The van der Waals surface area contributed by atoms with Crippen molar-refractivity contribution in [2.24, 2.45) is 0 Å². The zero-order valence-electron chi connectivity index (χ0n) is 15.4.